The second kappa shape index (κ2) is 3.70. The minimum Gasteiger partial charge on any atom is -0.463 e. The van der Waals surface area contributed by atoms with E-state index in [1.54, 1.807) is 0 Å². The first-order chi connectivity index (χ1) is 6.75. The van der Waals surface area contributed by atoms with Crippen LogP contribution in [0.1, 0.15) is 11.1 Å². The molecule has 0 spiro atoms. The van der Waals surface area contributed by atoms with Gasteiger partial charge in [0.2, 0.25) is 0 Å². The van der Waals surface area contributed by atoms with E-state index in [2.05, 4.69) is 36.3 Å². The molecule has 3 nitrogen and oxygen atoms in total. The summed E-state index contributed by atoms with van der Waals surface area (Å²) in [5.41, 5.74) is 3.60. The number of rotatable bonds is 1. The van der Waals surface area contributed by atoms with Gasteiger partial charge >= 0.3 is 0 Å². The summed E-state index contributed by atoms with van der Waals surface area (Å²) >= 11 is 0. The molecule has 14 heavy (non-hydrogen) atoms. The molecule has 0 aromatic heterocycles. The molecule has 0 saturated heterocycles. The standard InChI is InChI=1S/C11H14N2O/c1-8-3-4-10(7-9(8)2)13-11-12-5-6-14-11/h3-4,7H,5-6H2,1-2H3,(H,12,13). The Morgan fingerprint density at radius 2 is 2.14 bits per heavy atom. The summed E-state index contributed by atoms with van der Waals surface area (Å²) in [5, 5.41) is 3.14. The molecule has 74 valence electrons. The summed E-state index contributed by atoms with van der Waals surface area (Å²) in [6, 6.07) is 6.85. The van der Waals surface area contributed by atoms with E-state index >= 15 is 0 Å². The van der Waals surface area contributed by atoms with Gasteiger partial charge in [0.05, 0.1) is 6.54 Å². The topological polar surface area (TPSA) is 33.6 Å². The zero-order chi connectivity index (χ0) is 9.97. The molecule has 0 atom stereocenters. The zero-order valence-electron chi connectivity index (χ0n) is 8.50. The molecular formula is C11H14N2O. The van der Waals surface area contributed by atoms with Crippen LogP contribution in [0.4, 0.5) is 5.69 Å². The Labute approximate surface area is 83.8 Å². The lowest BCUT2D eigenvalue weighted by Gasteiger charge is -2.07. The van der Waals surface area contributed by atoms with Gasteiger partial charge in [0.25, 0.3) is 6.02 Å². The van der Waals surface area contributed by atoms with E-state index in [9.17, 15) is 0 Å². The van der Waals surface area contributed by atoms with Crippen LogP contribution in [0.15, 0.2) is 23.2 Å². The summed E-state index contributed by atoms with van der Waals surface area (Å²) < 4.78 is 5.27. The van der Waals surface area contributed by atoms with Crippen LogP contribution >= 0.6 is 0 Å². The third-order valence-electron chi connectivity index (χ3n) is 2.34. The Morgan fingerprint density at radius 3 is 2.79 bits per heavy atom. The van der Waals surface area contributed by atoms with Crippen LogP contribution in [0.2, 0.25) is 0 Å². The minimum absolute atomic E-state index is 0.633. The van der Waals surface area contributed by atoms with Crippen LogP contribution in [0, 0.1) is 13.8 Å². The van der Waals surface area contributed by atoms with Crippen LogP contribution in [0.3, 0.4) is 0 Å². The van der Waals surface area contributed by atoms with Crippen molar-refractivity contribution in [2.24, 2.45) is 4.99 Å². The smallest absolute Gasteiger partial charge is 0.289 e. The normalized spacial score (nSPS) is 14.9. The van der Waals surface area contributed by atoms with Crippen molar-refractivity contribution in [2.45, 2.75) is 13.8 Å². The lowest BCUT2D eigenvalue weighted by Crippen LogP contribution is -2.11. The van der Waals surface area contributed by atoms with Crippen LogP contribution in [0.25, 0.3) is 0 Å². The maximum absolute atomic E-state index is 5.27. The first kappa shape index (κ1) is 9.06. The van der Waals surface area contributed by atoms with Crippen molar-refractivity contribution in [3.05, 3.63) is 29.3 Å². The average Bonchev–Trinajstić information content (AvgIpc) is 2.64. The Kier molecular flexibility index (Phi) is 2.39. The molecule has 1 N–H and O–H groups in total. The Bertz CT molecular complexity index is 372. The van der Waals surface area contributed by atoms with Gasteiger partial charge in [-0.1, -0.05) is 6.07 Å². The summed E-state index contributed by atoms with van der Waals surface area (Å²) in [5.74, 6) is 0. The van der Waals surface area contributed by atoms with Gasteiger partial charge in [-0.05, 0) is 37.1 Å². The van der Waals surface area contributed by atoms with E-state index in [0.29, 0.717) is 12.6 Å². The van der Waals surface area contributed by atoms with Crippen LogP contribution in [-0.2, 0) is 4.74 Å². The number of benzene rings is 1. The van der Waals surface area contributed by atoms with Gasteiger partial charge in [0.15, 0.2) is 0 Å². The summed E-state index contributed by atoms with van der Waals surface area (Å²) in [6.07, 6.45) is 0. The number of ether oxygens (including phenoxy) is 1. The number of aryl methyl sites for hydroxylation is 2. The monoisotopic (exact) mass is 190 g/mol. The minimum atomic E-state index is 0.633. The summed E-state index contributed by atoms with van der Waals surface area (Å²) in [4.78, 5) is 4.17. The number of hydrogen-bond donors (Lipinski definition) is 1. The largest absolute Gasteiger partial charge is 0.463 e. The van der Waals surface area contributed by atoms with Crippen LogP contribution in [0.5, 0.6) is 0 Å². The zero-order valence-corrected chi connectivity index (χ0v) is 8.50. The first-order valence-electron chi connectivity index (χ1n) is 4.77. The molecule has 2 rings (SSSR count). The fourth-order valence-electron chi connectivity index (χ4n) is 1.35. The molecule has 1 aliphatic rings. The van der Waals surface area contributed by atoms with Gasteiger partial charge in [-0.3, -0.25) is 0 Å². The molecule has 0 fully saturated rings. The lowest BCUT2D eigenvalue weighted by molar-refractivity contribution is 0.346. The quantitative estimate of drug-likeness (QED) is 0.735. The van der Waals surface area contributed by atoms with Gasteiger partial charge in [-0.15, -0.1) is 0 Å². The maximum Gasteiger partial charge on any atom is 0.289 e. The van der Waals surface area contributed by atoms with Crippen molar-refractivity contribution >= 4 is 11.7 Å². The predicted molar refractivity (Wildman–Crippen MR) is 57.8 cm³/mol. The number of hydrogen-bond acceptors (Lipinski definition) is 3. The van der Waals surface area contributed by atoms with Crippen molar-refractivity contribution in [1.29, 1.82) is 0 Å². The number of nitrogens with one attached hydrogen (secondary N) is 1. The fraction of sp³-hybridized carbons (Fsp3) is 0.364. The molecule has 1 aliphatic heterocycles. The van der Waals surface area contributed by atoms with E-state index in [1.807, 2.05) is 6.07 Å². The van der Waals surface area contributed by atoms with Crippen molar-refractivity contribution in [3.63, 3.8) is 0 Å². The molecule has 1 aromatic carbocycles. The van der Waals surface area contributed by atoms with Crippen LogP contribution < -0.4 is 5.32 Å². The molecule has 1 aromatic rings. The van der Waals surface area contributed by atoms with E-state index in [1.165, 1.54) is 11.1 Å². The number of aliphatic imine (C=N–C) groups is 1. The Morgan fingerprint density at radius 1 is 1.29 bits per heavy atom. The molecule has 0 aliphatic carbocycles. The van der Waals surface area contributed by atoms with E-state index in [4.69, 9.17) is 4.74 Å². The van der Waals surface area contributed by atoms with Gasteiger partial charge in [-0.25, -0.2) is 4.99 Å². The third-order valence-corrected chi connectivity index (χ3v) is 2.34. The molecule has 0 amide bonds. The molecule has 3 heteroatoms. The second-order valence-corrected chi connectivity index (χ2v) is 3.46. The molecule has 0 saturated carbocycles. The predicted octanol–water partition coefficient (Wildman–Crippen LogP) is 2.10. The molecule has 0 unspecified atom stereocenters. The van der Waals surface area contributed by atoms with Gasteiger partial charge in [0, 0.05) is 5.69 Å². The van der Waals surface area contributed by atoms with Crippen molar-refractivity contribution in [2.75, 3.05) is 18.5 Å². The summed E-state index contributed by atoms with van der Waals surface area (Å²) in [7, 11) is 0. The third kappa shape index (κ3) is 1.87. The van der Waals surface area contributed by atoms with Gasteiger partial charge in [-0.2, -0.15) is 0 Å². The van der Waals surface area contributed by atoms with E-state index < -0.39 is 0 Å². The lowest BCUT2D eigenvalue weighted by atomic mass is 10.1. The highest BCUT2D eigenvalue weighted by atomic mass is 16.5. The SMILES string of the molecule is Cc1ccc(NC2=NCCO2)cc1C. The molecule has 1 heterocycles. The highest BCUT2D eigenvalue weighted by Gasteiger charge is 2.06. The second-order valence-electron chi connectivity index (χ2n) is 3.46. The number of amidine groups is 1. The van der Waals surface area contributed by atoms with Gasteiger partial charge in [0.1, 0.15) is 6.61 Å². The van der Waals surface area contributed by atoms with Crippen LogP contribution in [-0.4, -0.2) is 19.2 Å². The van der Waals surface area contributed by atoms with Crippen molar-refractivity contribution < 1.29 is 4.74 Å². The average molecular weight is 190 g/mol. The highest BCUT2D eigenvalue weighted by Crippen LogP contribution is 2.14. The number of nitrogens with zero attached hydrogens (tertiary/aromatic N) is 1. The van der Waals surface area contributed by atoms with Crippen molar-refractivity contribution in [3.8, 4) is 0 Å². The highest BCUT2D eigenvalue weighted by molar-refractivity contribution is 5.89. The molecule has 0 bridgehead atoms. The maximum atomic E-state index is 5.27. The molecule has 0 radical (unpaired) electrons. The van der Waals surface area contributed by atoms with Gasteiger partial charge < -0.3 is 10.1 Å². The number of anilines is 1. The molecular weight excluding hydrogens is 176 g/mol. The Balaban J connectivity index is 2.13. The fourth-order valence-corrected chi connectivity index (χ4v) is 1.35. The van der Waals surface area contributed by atoms with Crippen molar-refractivity contribution in [1.82, 2.24) is 0 Å². The van der Waals surface area contributed by atoms with E-state index in [0.717, 1.165) is 12.2 Å². The van der Waals surface area contributed by atoms with E-state index in [-0.39, 0.29) is 0 Å². The first-order valence-corrected chi connectivity index (χ1v) is 4.77. The summed E-state index contributed by atoms with van der Waals surface area (Å²) in [6.45, 7) is 5.64. The Hall–Kier alpha value is -1.51.